The van der Waals surface area contributed by atoms with Gasteiger partial charge in [0.1, 0.15) is 0 Å². The Bertz CT molecular complexity index is 316. The summed E-state index contributed by atoms with van der Waals surface area (Å²) < 4.78 is 4.99. The summed E-state index contributed by atoms with van der Waals surface area (Å²) >= 11 is 0. The molecule has 70 valence electrons. The summed E-state index contributed by atoms with van der Waals surface area (Å²) in [6.45, 7) is 5.72. The lowest BCUT2D eigenvalue weighted by molar-refractivity contribution is 0.371. The van der Waals surface area contributed by atoms with Gasteiger partial charge < -0.3 is 9.84 Å². The van der Waals surface area contributed by atoms with Crippen molar-refractivity contribution >= 4 is 0 Å². The molecule has 0 aromatic heterocycles. The molecule has 13 heavy (non-hydrogen) atoms. The van der Waals surface area contributed by atoms with Crippen LogP contribution in [0.1, 0.15) is 12.5 Å². The number of ether oxygens (including phenoxy) is 1. The van der Waals surface area contributed by atoms with E-state index in [1.165, 1.54) is 0 Å². The highest BCUT2D eigenvalue weighted by Gasteiger charge is 2.06. The van der Waals surface area contributed by atoms with Gasteiger partial charge in [-0.15, -0.1) is 0 Å². The van der Waals surface area contributed by atoms with E-state index >= 15 is 0 Å². The number of benzene rings is 1. The van der Waals surface area contributed by atoms with E-state index in [0.717, 1.165) is 11.1 Å². The van der Waals surface area contributed by atoms with Gasteiger partial charge >= 0.3 is 0 Å². The zero-order chi connectivity index (χ0) is 9.84. The number of hydrogen-bond acceptors (Lipinski definition) is 2. The van der Waals surface area contributed by atoms with Crippen LogP contribution in [0.5, 0.6) is 11.5 Å². The molecule has 0 aliphatic carbocycles. The Kier molecular flexibility index (Phi) is 2.96. The molecule has 0 heterocycles. The number of aromatic hydroxyl groups is 1. The molecule has 1 rings (SSSR count). The number of hydrogen-bond donors (Lipinski definition) is 1. The second-order valence-electron chi connectivity index (χ2n) is 3.10. The zero-order valence-corrected chi connectivity index (χ0v) is 8.00. The maximum absolute atomic E-state index is 9.67. The Morgan fingerprint density at radius 3 is 2.77 bits per heavy atom. The van der Waals surface area contributed by atoms with E-state index in [-0.39, 0.29) is 5.75 Å². The molecule has 0 atom stereocenters. The van der Waals surface area contributed by atoms with Gasteiger partial charge in [-0.1, -0.05) is 24.3 Å². The number of allylic oxidation sites excluding steroid dienone is 1. The topological polar surface area (TPSA) is 29.5 Å². The Morgan fingerprint density at radius 1 is 1.54 bits per heavy atom. The van der Waals surface area contributed by atoms with Crippen molar-refractivity contribution in [2.24, 2.45) is 0 Å². The highest BCUT2D eigenvalue weighted by Crippen LogP contribution is 2.30. The monoisotopic (exact) mass is 178 g/mol. The highest BCUT2D eigenvalue weighted by atomic mass is 16.5. The average Bonchev–Trinajstić information content (AvgIpc) is 2.08. The second kappa shape index (κ2) is 3.99. The van der Waals surface area contributed by atoms with Gasteiger partial charge in [-0.05, 0) is 19.4 Å². The molecule has 0 saturated carbocycles. The molecule has 0 spiro atoms. The molecular formula is C11H14O2. The number of para-hydroxylation sites is 1. The lowest BCUT2D eigenvalue weighted by Crippen LogP contribution is -1.90. The average molecular weight is 178 g/mol. The standard InChI is InChI=1S/C11H14O2/c1-8(2)7-9-5-4-6-10(13-3)11(9)12/h4-6,12H,1,7H2,2-3H3. The second-order valence-corrected chi connectivity index (χ2v) is 3.10. The Labute approximate surface area is 78.5 Å². The first-order valence-electron chi connectivity index (χ1n) is 4.14. The summed E-state index contributed by atoms with van der Waals surface area (Å²) in [6.07, 6.45) is 0.684. The SMILES string of the molecule is C=C(C)Cc1cccc(OC)c1O. The number of phenolic OH excluding ortho intramolecular Hbond substituents is 1. The van der Waals surface area contributed by atoms with E-state index in [0.29, 0.717) is 12.2 Å². The van der Waals surface area contributed by atoms with Gasteiger partial charge in [0.15, 0.2) is 11.5 Å². The van der Waals surface area contributed by atoms with Gasteiger partial charge in [-0.25, -0.2) is 0 Å². The molecular weight excluding hydrogens is 164 g/mol. The number of rotatable bonds is 3. The van der Waals surface area contributed by atoms with Gasteiger partial charge in [0.05, 0.1) is 7.11 Å². The van der Waals surface area contributed by atoms with Crippen molar-refractivity contribution in [3.05, 3.63) is 35.9 Å². The summed E-state index contributed by atoms with van der Waals surface area (Å²) in [4.78, 5) is 0. The van der Waals surface area contributed by atoms with Crippen LogP contribution in [0, 0.1) is 0 Å². The number of methoxy groups -OCH3 is 1. The van der Waals surface area contributed by atoms with Crippen molar-refractivity contribution in [2.75, 3.05) is 7.11 Å². The van der Waals surface area contributed by atoms with Crippen molar-refractivity contribution in [1.29, 1.82) is 0 Å². The van der Waals surface area contributed by atoms with Crippen LogP contribution in [0.2, 0.25) is 0 Å². The van der Waals surface area contributed by atoms with Crippen molar-refractivity contribution in [3.63, 3.8) is 0 Å². The molecule has 0 radical (unpaired) electrons. The fourth-order valence-corrected chi connectivity index (χ4v) is 1.20. The van der Waals surface area contributed by atoms with E-state index in [9.17, 15) is 5.11 Å². The zero-order valence-electron chi connectivity index (χ0n) is 8.00. The molecule has 2 nitrogen and oxygen atoms in total. The van der Waals surface area contributed by atoms with Crippen LogP contribution in [0.25, 0.3) is 0 Å². The van der Waals surface area contributed by atoms with Crippen LogP contribution in [0.15, 0.2) is 30.4 Å². The lowest BCUT2D eigenvalue weighted by atomic mass is 10.1. The molecule has 0 fully saturated rings. The van der Waals surface area contributed by atoms with Gasteiger partial charge in [0.2, 0.25) is 0 Å². The molecule has 2 heteroatoms. The summed E-state index contributed by atoms with van der Waals surface area (Å²) in [5.41, 5.74) is 1.87. The van der Waals surface area contributed by atoms with E-state index in [2.05, 4.69) is 6.58 Å². The fraction of sp³-hybridized carbons (Fsp3) is 0.273. The first-order chi connectivity index (χ1) is 6.15. The quantitative estimate of drug-likeness (QED) is 0.721. The minimum absolute atomic E-state index is 0.216. The maximum atomic E-state index is 9.67. The van der Waals surface area contributed by atoms with Crippen LogP contribution in [0.3, 0.4) is 0 Å². The fourth-order valence-electron chi connectivity index (χ4n) is 1.20. The lowest BCUT2D eigenvalue weighted by Gasteiger charge is -2.07. The van der Waals surface area contributed by atoms with E-state index in [4.69, 9.17) is 4.74 Å². The molecule has 1 aromatic carbocycles. The molecule has 1 N–H and O–H groups in total. The minimum Gasteiger partial charge on any atom is -0.504 e. The molecule has 0 aliphatic rings. The third-order valence-corrected chi connectivity index (χ3v) is 1.79. The predicted octanol–water partition coefficient (Wildman–Crippen LogP) is 2.52. The minimum atomic E-state index is 0.216. The molecule has 0 amide bonds. The van der Waals surface area contributed by atoms with Crippen molar-refractivity contribution < 1.29 is 9.84 Å². The largest absolute Gasteiger partial charge is 0.504 e. The highest BCUT2D eigenvalue weighted by molar-refractivity contribution is 5.46. The van der Waals surface area contributed by atoms with E-state index < -0.39 is 0 Å². The van der Waals surface area contributed by atoms with E-state index in [1.54, 1.807) is 13.2 Å². The van der Waals surface area contributed by atoms with Crippen LogP contribution >= 0.6 is 0 Å². The summed E-state index contributed by atoms with van der Waals surface area (Å²) in [5, 5.41) is 9.67. The first kappa shape index (κ1) is 9.65. The van der Waals surface area contributed by atoms with Gasteiger partial charge in [-0.3, -0.25) is 0 Å². The summed E-state index contributed by atoms with van der Waals surface area (Å²) in [6, 6.07) is 5.46. The molecule has 0 aliphatic heterocycles. The Hall–Kier alpha value is -1.44. The van der Waals surface area contributed by atoms with Crippen LogP contribution in [-0.2, 0) is 6.42 Å². The van der Waals surface area contributed by atoms with Gasteiger partial charge in [-0.2, -0.15) is 0 Å². The van der Waals surface area contributed by atoms with Crippen LogP contribution in [-0.4, -0.2) is 12.2 Å². The van der Waals surface area contributed by atoms with Crippen LogP contribution in [0.4, 0.5) is 0 Å². The van der Waals surface area contributed by atoms with Gasteiger partial charge in [0.25, 0.3) is 0 Å². The number of phenols is 1. The van der Waals surface area contributed by atoms with Crippen molar-refractivity contribution in [1.82, 2.24) is 0 Å². The normalized spacial score (nSPS) is 9.69. The third kappa shape index (κ3) is 2.25. The summed E-state index contributed by atoms with van der Waals surface area (Å²) in [5.74, 6) is 0.728. The maximum Gasteiger partial charge on any atom is 0.161 e. The van der Waals surface area contributed by atoms with Gasteiger partial charge in [0, 0.05) is 5.56 Å². The van der Waals surface area contributed by atoms with Crippen LogP contribution < -0.4 is 4.74 Å². The third-order valence-electron chi connectivity index (χ3n) is 1.79. The summed E-state index contributed by atoms with van der Waals surface area (Å²) in [7, 11) is 1.54. The van der Waals surface area contributed by atoms with Crippen molar-refractivity contribution in [3.8, 4) is 11.5 Å². The molecule has 0 unspecified atom stereocenters. The molecule has 0 bridgehead atoms. The van der Waals surface area contributed by atoms with Crippen molar-refractivity contribution in [2.45, 2.75) is 13.3 Å². The first-order valence-corrected chi connectivity index (χ1v) is 4.14. The molecule has 0 saturated heterocycles. The van der Waals surface area contributed by atoms with E-state index in [1.807, 2.05) is 19.1 Å². The Morgan fingerprint density at radius 2 is 2.23 bits per heavy atom. The Balaban J connectivity index is 3.01. The smallest absolute Gasteiger partial charge is 0.161 e. The predicted molar refractivity (Wildman–Crippen MR) is 53.2 cm³/mol. The molecule has 1 aromatic rings.